The SMILES string of the molecule is C[C@@H](NCC1CCS(=O)(=O)CC1)c1ccsc1. The fourth-order valence-electron chi connectivity index (χ4n) is 2.13. The summed E-state index contributed by atoms with van der Waals surface area (Å²) < 4.78 is 22.6. The number of hydrogen-bond acceptors (Lipinski definition) is 4. The van der Waals surface area contributed by atoms with Crippen molar-refractivity contribution in [2.75, 3.05) is 18.1 Å². The Morgan fingerprint density at radius 1 is 1.47 bits per heavy atom. The zero-order valence-electron chi connectivity index (χ0n) is 10.1. The van der Waals surface area contributed by atoms with Crippen LogP contribution in [-0.4, -0.2) is 26.5 Å². The summed E-state index contributed by atoms with van der Waals surface area (Å²) in [5.41, 5.74) is 1.32. The molecular formula is C12H19NO2S2. The molecule has 1 aromatic heterocycles. The topological polar surface area (TPSA) is 46.2 Å². The second-order valence-corrected chi connectivity index (χ2v) is 7.87. The molecule has 0 aromatic carbocycles. The standard InChI is InChI=1S/C12H19NO2S2/c1-10(12-2-5-16-9-12)13-8-11-3-6-17(14,15)7-4-11/h2,5,9-11,13H,3-4,6-8H2,1H3/t10-/m1/s1. The van der Waals surface area contributed by atoms with E-state index in [1.54, 1.807) is 11.3 Å². The van der Waals surface area contributed by atoms with E-state index in [1.807, 2.05) is 0 Å². The van der Waals surface area contributed by atoms with Gasteiger partial charge in [0.25, 0.3) is 0 Å². The lowest BCUT2D eigenvalue weighted by molar-refractivity contribution is 0.410. The Kier molecular flexibility index (Phi) is 4.22. The van der Waals surface area contributed by atoms with E-state index in [2.05, 4.69) is 29.1 Å². The van der Waals surface area contributed by atoms with Crippen molar-refractivity contribution in [2.45, 2.75) is 25.8 Å². The number of thiophene rings is 1. The van der Waals surface area contributed by atoms with Crippen molar-refractivity contribution in [3.05, 3.63) is 22.4 Å². The highest BCUT2D eigenvalue weighted by atomic mass is 32.2. The van der Waals surface area contributed by atoms with Crippen LogP contribution in [0, 0.1) is 5.92 Å². The second-order valence-electron chi connectivity index (χ2n) is 4.78. The molecule has 96 valence electrons. The third kappa shape index (κ3) is 3.79. The van der Waals surface area contributed by atoms with E-state index in [9.17, 15) is 8.42 Å². The number of rotatable bonds is 4. The smallest absolute Gasteiger partial charge is 0.150 e. The first kappa shape index (κ1) is 13.1. The molecule has 1 saturated heterocycles. The van der Waals surface area contributed by atoms with Gasteiger partial charge in [-0.15, -0.1) is 0 Å². The Hall–Kier alpha value is -0.390. The molecule has 1 aromatic rings. The fraction of sp³-hybridized carbons (Fsp3) is 0.667. The molecule has 0 aliphatic carbocycles. The molecule has 0 bridgehead atoms. The average Bonchev–Trinajstić information content (AvgIpc) is 2.80. The van der Waals surface area contributed by atoms with Crippen LogP contribution in [0.1, 0.15) is 31.4 Å². The van der Waals surface area contributed by atoms with Gasteiger partial charge in [-0.05, 0) is 54.6 Å². The molecule has 2 heterocycles. The summed E-state index contributed by atoms with van der Waals surface area (Å²) in [5.74, 6) is 1.25. The molecule has 17 heavy (non-hydrogen) atoms. The van der Waals surface area contributed by atoms with Crippen LogP contribution >= 0.6 is 11.3 Å². The zero-order chi connectivity index (χ0) is 12.3. The molecular weight excluding hydrogens is 254 g/mol. The van der Waals surface area contributed by atoms with Crippen molar-refractivity contribution in [3.63, 3.8) is 0 Å². The van der Waals surface area contributed by atoms with Crippen LogP contribution in [0.5, 0.6) is 0 Å². The number of hydrogen-bond donors (Lipinski definition) is 1. The molecule has 1 atom stereocenters. The Morgan fingerprint density at radius 3 is 2.76 bits per heavy atom. The molecule has 1 fully saturated rings. The monoisotopic (exact) mass is 273 g/mol. The van der Waals surface area contributed by atoms with Gasteiger partial charge in [0, 0.05) is 6.04 Å². The van der Waals surface area contributed by atoms with Crippen molar-refractivity contribution in [1.82, 2.24) is 5.32 Å². The minimum atomic E-state index is -2.72. The minimum Gasteiger partial charge on any atom is -0.310 e. The summed E-state index contributed by atoms with van der Waals surface area (Å²) in [6.45, 7) is 3.08. The van der Waals surface area contributed by atoms with Crippen LogP contribution in [0.2, 0.25) is 0 Å². The fourth-order valence-corrected chi connectivity index (χ4v) is 4.47. The highest BCUT2D eigenvalue weighted by Crippen LogP contribution is 2.20. The summed E-state index contributed by atoms with van der Waals surface area (Å²) >= 11 is 1.71. The van der Waals surface area contributed by atoms with E-state index < -0.39 is 9.84 Å². The van der Waals surface area contributed by atoms with Gasteiger partial charge in [-0.25, -0.2) is 8.42 Å². The summed E-state index contributed by atoms with van der Waals surface area (Å²) in [7, 11) is -2.72. The summed E-state index contributed by atoms with van der Waals surface area (Å²) in [5, 5.41) is 7.73. The van der Waals surface area contributed by atoms with Gasteiger partial charge in [0.2, 0.25) is 0 Å². The highest BCUT2D eigenvalue weighted by molar-refractivity contribution is 7.91. The third-order valence-corrected chi connectivity index (χ3v) is 5.85. The normalized spacial score (nSPS) is 22.4. The van der Waals surface area contributed by atoms with Crippen molar-refractivity contribution in [1.29, 1.82) is 0 Å². The maximum Gasteiger partial charge on any atom is 0.150 e. The number of sulfone groups is 1. The number of nitrogens with one attached hydrogen (secondary N) is 1. The first-order valence-electron chi connectivity index (χ1n) is 6.03. The van der Waals surface area contributed by atoms with E-state index in [4.69, 9.17) is 0 Å². The Bertz CT molecular complexity index is 425. The van der Waals surface area contributed by atoms with Crippen molar-refractivity contribution >= 4 is 21.2 Å². The van der Waals surface area contributed by atoms with Crippen LogP contribution < -0.4 is 5.32 Å². The minimum absolute atomic E-state index is 0.361. The molecule has 3 nitrogen and oxygen atoms in total. The van der Waals surface area contributed by atoms with Crippen molar-refractivity contribution in [2.24, 2.45) is 5.92 Å². The van der Waals surface area contributed by atoms with Crippen LogP contribution in [0.15, 0.2) is 16.8 Å². The van der Waals surface area contributed by atoms with E-state index in [-0.39, 0.29) is 0 Å². The summed E-state index contributed by atoms with van der Waals surface area (Å²) in [6, 6.07) is 2.49. The Balaban J connectivity index is 1.76. The van der Waals surface area contributed by atoms with Crippen molar-refractivity contribution in [3.8, 4) is 0 Å². The molecule has 0 unspecified atom stereocenters. The molecule has 1 aliphatic heterocycles. The lowest BCUT2D eigenvalue weighted by Crippen LogP contribution is -2.32. The van der Waals surface area contributed by atoms with Crippen LogP contribution in [0.4, 0.5) is 0 Å². The van der Waals surface area contributed by atoms with Gasteiger partial charge in [0.15, 0.2) is 0 Å². The zero-order valence-corrected chi connectivity index (χ0v) is 11.7. The van der Waals surface area contributed by atoms with Crippen molar-refractivity contribution < 1.29 is 8.42 Å². The first-order valence-corrected chi connectivity index (χ1v) is 8.79. The van der Waals surface area contributed by atoms with E-state index in [0.29, 0.717) is 23.5 Å². The second kappa shape index (κ2) is 5.50. The molecule has 5 heteroatoms. The van der Waals surface area contributed by atoms with E-state index in [0.717, 1.165) is 19.4 Å². The summed E-state index contributed by atoms with van der Waals surface area (Å²) in [6.07, 6.45) is 1.62. The van der Waals surface area contributed by atoms with Crippen LogP contribution in [0.25, 0.3) is 0 Å². The lowest BCUT2D eigenvalue weighted by Gasteiger charge is -2.24. The Morgan fingerprint density at radius 2 is 2.18 bits per heavy atom. The predicted octanol–water partition coefficient (Wildman–Crippen LogP) is 2.22. The predicted molar refractivity (Wildman–Crippen MR) is 72.1 cm³/mol. The van der Waals surface area contributed by atoms with Crippen LogP contribution in [-0.2, 0) is 9.84 Å². The van der Waals surface area contributed by atoms with E-state index in [1.165, 1.54) is 5.56 Å². The lowest BCUT2D eigenvalue weighted by atomic mass is 10.0. The maximum absolute atomic E-state index is 11.3. The molecule has 2 rings (SSSR count). The van der Waals surface area contributed by atoms with Gasteiger partial charge < -0.3 is 5.32 Å². The Labute approximate surface area is 107 Å². The van der Waals surface area contributed by atoms with Crippen LogP contribution in [0.3, 0.4) is 0 Å². The van der Waals surface area contributed by atoms with Gasteiger partial charge in [-0.1, -0.05) is 0 Å². The third-order valence-electron chi connectivity index (χ3n) is 3.43. The van der Waals surface area contributed by atoms with Gasteiger partial charge in [0.05, 0.1) is 11.5 Å². The largest absolute Gasteiger partial charge is 0.310 e. The highest BCUT2D eigenvalue weighted by Gasteiger charge is 2.23. The van der Waals surface area contributed by atoms with Gasteiger partial charge in [-0.3, -0.25) is 0 Å². The molecule has 0 saturated carbocycles. The van der Waals surface area contributed by atoms with E-state index >= 15 is 0 Å². The quantitative estimate of drug-likeness (QED) is 0.915. The molecule has 0 radical (unpaired) electrons. The molecule has 1 N–H and O–H groups in total. The first-order chi connectivity index (χ1) is 8.07. The summed E-state index contributed by atoms with van der Waals surface area (Å²) in [4.78, 5) is 0. The molecule has 0 amide bonds. The molecule has 1 aliphatic rings. The average molecular weight is 273 g/mol. The van der Waals surface area contributed by atoms with Gasteiger partial charge in [-0.2, -0.15) is 11.3 Å². The van der Waals surface area contributed by atoms with Gasteiger partial charge >= 0.3 is 0 Å². The van der Waals surface area contributed by atoms with Gasteiger partial charge in [0.1, 0.15) is 9.84 Å². The maximum atomic E-state index is 11.3. The molecule has 0 spiro atoms.